The number of carbonyl (C=O) groups excluding carboxylic acids is 3. The molecule has 6 N–H and O–H groups in total. The number of amides is 3. The molecule has 0 aromatic carbocycles. The van der Waals surface area contributed by atoms with Crippen molar-refractivity contribution in [2.45, 2.75) is 44.4 Å². The van der Waals surface area contributed by atoms with Crippen molar-refractivity contribution in [2.75, 3.05) is 17.3 Å². The van der Waals surface area contributed by atoms with Crippen molar-refractivity contribution in [3.63, 3.8) is 0 Å². The smallest absolute Gasteiger partial charge is 0.327 e. The molecule has 0 saturated heterocycles. The number of nitrogens with one attached hydrogen (secondary N) is 3. The molecule has 5 atom stereocenters. The van der Waals surface area contributed by atoms with Crippen LogP contribution < -0.4 is 21.7 Å². The molecule has 0 spiro atoms. The quantitative estimate of drug-likeness (QED) is 0.177. The standard InChI is InChI=1S/C15H28N4O5S3/c1-3-7(2)11(16)14(22)18-9(5-26)12(20)17-8(4-25)13(21)19-10(6-27)15(23)24/h7-11,25-27H,3-6,16H2,1-2H3,(H,17,20)(H,18,22)(H,19,21)(H,23,24). The van der Waals surface area contributed by atoms with Gasteiger partial charge in [-0.15, -0.1) is 0 Å². The number of nitrogens with two attached hydrogens (primary N) is 1. The van der Waals surface area contributed by atoms with Crippen LogP contribution in [0.4, 0.5) is 0 Å². The van der Waals surface area contributed by atoms with Crippen LogP contribution in [0.3, 0.4) is 0 Å². The Kier molecular flexibility index (Phi) is 12.6. The highest BCUT2D eigenvalue weighted by molar-refractivity contribution is 7.80. The van der Waals surface area contributed by atoms with Gasteiger partial charge >= 0.3 is 5.97 Å². The molecule has 0 aromatic heterocycles. The van der Waals surface area contributed by atoms with Gasteiger partial charge in [-0.25, -0.2) is 4.79 Å². The van der Waals surface area contributed by atoms with E-state index < -0.39 is 47.9 Å². The van der Waals surface area contributed by atoms with Crippen LogP contribution >= 0.6 is 37.9 Å². The fraction of sp³-hybridized carbons (Fsp3) is 0.733. The van der Waals surface area contributed by atoms with E-state index in [9.17, 15) is 19.2 Å². The van der Waals surface area contributed by atoms with Crippen LogP contribution in [0.5, 0.6) is 0 Å². The van der Waals surface area contributed by atoms with Gasteiger partial charge in [0.25, 0.3) is 0 Å². The molecule has 0 aliphatic heterocycles. The van der Waals surface area contributed by atoms with Crippen molar-refractivity contribution in [3.8, 4) is 0 Å². The molecule has 5 unspecified atom stereocenters. The predicted molar refractivity (Wildman–Crippen MR) is 112 cm³/mol. The number of thiol groups is 3. The van der Waals surface area contributed by atoms with Crippen molar-refractivity contribution in [2.24, 2.45) is 11.7 Å². The average molecular weight is 441 g/mol. The lowest BCUT2D eigenvalue weighted by Crippen LogP contribution is -2.58. The summed E-state index contributed by atoms with van der Waals surface area (Å²) >= 11 is 11.9. The Morgan fingerprint density at radius 1 is 0.852 bits per heavy atom. The van der Waals surface area contributed by atoms with E-state index >= 15 is 0 Å². The second-order valence-corrected chi connectivity index (χ2v) is 7.08. The Balaban J connectivity index is 4.93. The molecule has 0 bridgehead atoms. The SMILES string of the molecule is CCC(C)C(N)C(=O)NC(CS)C(=O)NC(CS)C(=O)NC(CS)C(=O)O. The summed E-state index contributed by atoms with van der Waals surface area (Å²) in [5, 5.41) is 16.1. The van der Waals surface area contributed by atoms with Crippen molar-refractivity contribution < 1.29 is 24.3 Å². The third-order valence-electron chi connectivity index (χ3n) is 3.99. The number of carboxylic acids is 1. The number of rotatable bonds is 12. The Hall–Kier alpha value is -1.11. The molecular formula is C15H28N4O5S3. The molecule has 9 nitrogen and oxygen atoms in total. The van der Waals surface area contributed by atoms with Crippen LogP contribution in [-0.2, 0) is 19.2 Å². The summed E-state index contributed by atoms with van der Waals surface area (Å²) in [4.78, 5) is 47.7. The fourth-order valence-electron chi connectivity index (χ4n) is 1.90. The first-order valence-electron chi connectivity index (χ1n) is 8.34. The molecule has 0 heterocycles. The third kappa shape index (κ3) is 8.62. The number of aliphatic carboxylic acids is 1. The van der Waals surface area contributed by atoms with Crippen LogP contribution in [0, 0.1) is 5.92 Å². The van der Waals surface area contributed by atoms with Gasteiger partial charge in [0.15, 0.2) is 0 Å². The van der Waals surface area contributed by atoms with Crippen LogP contribution in [0.25, 0.3) is 0 Å². The van der Waals surface area contributed by atoms with Crippen molar-refractivity contribution in [3.05, 3.63) is 0 Å². The summed E-state index contributed by atoms with van der Waals surface area (Å²) < 4.78 is 0. The first kappa shape index (κ1) is 25.9. The molecule has 3 amide bonds. The van der Waals surface area contributed by atoms with Gasteiger partial charge in [-0.1, -0.05) is 20.3 Å². The van der Waals surface area contributed by atoms with Crippen LogP contribution in [0.2, 0.25) is 0 Å². The van der Waals surface area contributed by atoms with E-state index in [0.29, 0.717) is 6.42 Å². The second-order valence-electron chi connectivity index (χ2n) is 5.98. The first-order valence-corrected chi connectivity index (χ1v) is 10.2. The summed E-state index contributed by atoms with van der Waals surface area (Å²) in [5.41, 5.74) is 5.84. The van der Waals surface area contributed by atoms with Gasteiger partial charge in [0.2, 0.25) is 17.7 Å². The van der Waals surface area contributed by atoms with Gasteiger partial charge in [-0.2, -0.15) is 37.9 Å². The number of carbonyl (C=O) groups is 4. The monoisotopic (exact) mass is 440 g/mol. The zero-order valence-corrected chi connectivity index (χ0v) is 17.9. The molecule has 12 heteroatoms. The lowest BCUT2D eigenvalue weighted by Gasteiger charge is -2.24. The predicted octanol–water partition coefficient (Wildman–Crippen LogP) is -1.31. The minimum Gasteiger partial charge on any atom is -0.480 e. The Labute approximate surface area is 175 Å². The van der Waals surface area contributed by atoms with Gasteiger partial charge < -0.3 is 26.8 Å². The molecule has 0 aliphatic rings. The molecule has 0 aliphatic carbocycles. The fourth-order valence-corrected chi connectivity index (χ4v) is 2.66. The van der Waals surface area contributed by atoms with E-state index in [1.165, 1.54) is 0 Å². The van der Waals surface area contributed by atoms with E-state index in [1.807, 2.05) is 13.8 Å². The summed E-state index contributed by atoms with van der Waals surface area (Å²) in [6.07, 6.45) is 0.699. The Morgan fingerprint density at radius 3 is 1.56 bits per heavy atom. The molecule has 0 aromatic rings. The first-order chi connectivity index (χ1) is 12.6. The van der Waals surface area contributed by atoms with Crippen LogP contribution in [-0.4, -0.2) is 70.2 Å². The van der Waals surface area contributed by atoms with E-state index in [2.05, 4.69) is 53.8 Å². The average Bonchev–Trinajstić information content (AvgIpc) is 2.65. The topological polar surface area (TPSA) is 151 Å². The lowest BCUT2D eigenvalue weighted by atomic mass is 9.99. The molecule has 156 valence electrons. The zero-order chi connectivity index (χ0) is 21.1. The highest BCUT2D eigenvalue weighted by Crippen LogP contribution is 2.06. The number of hydrogen-bond acceptors (Lipinski definition) is 8. The van der Waals surface area contributed by atoms with Gasteiger partial charge in [0, 0.05) is 17.3 Å². The normalized spacial score (nSPS) is 16.4. The summed E-state index contributed by atoms with van der Waals surface area (Å²) in [6, 6.07) is -4.08. The van der Waals surface area contributed by atoms with Crippen molar-refractivity contribution >= 4 is 61.6 Å². The molecular weight excluding hydrogens is 412 g/mol. The highest BCUT2D eigenvalue weighted by Gasteiger charge is 2.29. The molecule has 0 fully saturated rings. The van der Waals surface area contributed by atoms with E-state index in [4.69, 9.17) is 10.8 Å². The van der Waals surface area contributed by atoms with Gasteiger partial charge in [-0.05, 0) is 5.92 Å². The molecule has 0 saturated carbocycles. The largest absolute Gasteiger partial charge is 0.480 e. The van der Waals surface area contributed by atoms with E-state index in [0.717, 1.165) is 0 Å². The van der Waals surface area contributed by atoms with Crippen molar-refractivity contribution in [1.29, 1.82) is 0 Å². The Bertz CT molecular complexity index is 538. The van der Waals surface area contributed by atoms with Crippen LogP contribution in [0.1, 0.15) is 20.3 Å². The molecule has 27 heavy (non-hydrogen) atoms. The van der Waals surface area contributed by atoms with Gasteiger partial charge in [0.05, 0.1) is 6.04 Å². The molecule has 0 rings (SSSR count). The minimum absolute atomic E-state index is 0.0138. The third-order valence-corrected chi connectivity index (χ3v) is 5.08. The minimum atomic E-state index is -1.25. The number of carboxylic acid groups (broad SMARTS) is 1. The summed E-state index contributed by atoms with van der Waals surface area (Å²) in [7, 11) is 0. The van der Waals surface area contributed by atoms with Gasteiger partial charge in [-0.3, -0.25) is 14.4 Å². The van der Waals surface area contributed by atoms with Crippen LogP contribution in [0.15, 0.2) is 0 Å². The zero-order valence-electron chi connectivity index (χ0n) is 15.2. The highest BCUT2D eigenvalue weighted by atomic mass is 32.1. The second kappa shape index (κ2) is 13.1. The number of hydrogen-bond donors (Lipinski definition) is 8. The van der Waals surface area contributed by atoms with Gasteiger partial charge in [0.1, 0.15) is 18.1 Å². The Morgan fingerprint density at radius 2 is 1.22 bits per heavy atom. The lowest BCUT2D eigenvalue weighted by molar-refractivity contribution is -0.141. The van der Waals surface area contributed by atoms with Crippen molar-refractivity contribution in [1.82, 2.24) is 16.0 Å². The van der Waals surface area contributed by atoms with E-state index in [-0.39, 0.29) is 23.2 Å². The van der Waals surface area contributed by atoms with E-state index in [1.54, 1.807) is 0 Å². The summed E-state index contributed by atoms with van der Waals surface area (Å²) in [6.45, 7) is 3.72. The maximum absolute atomic E-state index is 12.4. The maximum atomic E-state index is 12.4. The molecule has 0 radical (unpaired) electrons. The maximum Gasteiger partial charge on any atom is 0.327 e. The summed E-state index contributed by atoms with van der Waals surface area (Å²) in [5.74, 6) is -3.39.